The van der Waals surface area contributed by atoms with Gasteiger partial charge in [0.05, 0.1) is 4.91 Å². The minimum atomic E-state index is -0.273. The second kappa shape index (κ2) is 7.08. The number of benzene rings is 1. The predicted octanol–water partition coefficient (Wildman–Crippen LogP) is 3.59. The van der Waals surface area contributed by atoms with Crippen molar-refractivity contribution in [2.75, 3.05) is 11.9 Å². The highest BCUT2D eigenvalue weighted by atomic mass is 32.2. The molecular formula is C16H12N2O2S3. The van der Waals surface area contributed by atoms with Crippen LogP contribution in [-0.4, -0.2) is 27.6 Å². The lowest BCUT2D eigenvalue weighted by molar-refractivity contribution is -0.126. The van der Waals surface area contributed by atoms with E-state index in [0.717, 1.165) is 4.88 Å². The first-order valence-corrected chi connectivity index (χ1v) is 8.88. The molecule has 1 aromatic heterocycles. The molecule has 4 nitrogen and oxygen atoms in total. The first-order chi connectivity index (χ1) is 11.1. The number of para-hydroxylation sites is 1. The molecule has 116 valence electrons. The normalized spacial score (nSPS) is 16.2. The largest absolute Gasteiger partial charge is 0.325 e. The van der Waals surface area contributed by atoms with Crippen LogP contribution in [-0.2, 0) is 9.59 Å². The fraction of sp³-hybridized carbons (Fsp3) is 0.0625. The molecule has 2 aromatic rings. The molecule has 7 heteroatoms. The van der Waals surface area contributed by atoms with Gasteiger partial charge in [-0.15, -0.1) is 11.3 Å². The molecule has 1 saturated heterocycles. The number of thiophene rings is 1. The third-order valence-electron chi connectivity index (χ3n) is 3.05. The molecule has 0 unspecified atom stereocenters. The van der Waals surface area contributed by atoms with Gasteiger partial charge in [0.1, 0.15) is 10.9 Å². The van der Waals surface area contributed by atoms with Crippen LogP contribution in [0.3, 0.4) is 0 Å². The zero-order valence-corrected chi connectivity index (χ0v) is 14.3. The summed E-state index contributed by atoms with van der Waals surface area (Å²) in [5, 5.41) is 4.70. The van der Waals surface area contributed by atoms with Gasteiger partial charge in [-0.25, -0.2) is 0 Å². The zero-order chi connectivity index (χ0) is 16.2. The van der Waals surface area contributed by atoms with Crippen LogP contribution in [0, 0.1) is 0 Å². The molecule has 1 aromatic carbocycles. The SMILES string of the molecule is O=C(CN1C(=O)C(=Cc2cccs2)SC1=S)Nc1ccccc1. The number of thioether (sulfide) groups is 1. The van der Waals surface area contributed by atoms with Crippen molar-refractivity contribution in [3.8, 4) is 0 Å². The van der Waals surface area contributed by atoms with Gasteiger partial charge in [0, 0.05) is 10.6 Å². The van der Waals surface area contributed by atoms with Crippen LogP contribution >= 0.6 is 35.3 Å². The molecule has 0 aliphatic carbocycles. The smallest absolute Gasteiger partial charge is 0.266 e. The van der Waals surface area contributed by atoms with Crippen LogP contribution in [0.2, 0.25) is 0 Å². The Bertz CT molecular complexity index is 770. The number of carbonyl (C=O) groups excluding carboxylic acids is 2. The van der Waals surface area contributed by atoms with Crippen molar-refractivity contribution in [1.29, 1.82) is 0 Å². The maximum atomic E-state index is 12.4. The third kappa shape index (κ3) is 3.87. The Morgan fingerprint density at radius 3 is 2.70 bits per heavy atom. The first kappa shape index (κ1) is 15.9. The van der Waals surface area contributed by atoms with E-state index in [-0.39, 0.29) is 18.4 Å². The monoisotopic (exact) mass is 360 g/mol. The molecule has 1 aliphatic rings. The molecule has 1 N–H and O–H groups in total. The molecule has 0 atom stereocenters. The Hall–Kier alpha value is -1.96. The van der Waals surface area contributed by atoms with Crippen molar-refractivity contribution in [3.05, 3.63) is 57.6 Å². The highest BCUT2D eigenvalue weighted by molar-refractivity contribution is 8.26. The Morgan fingerprint density at radius 1 is 1.22 bits per heavy atom. The van der Waals surface area contributed by atoms with Gasteiger partial charge in [-0.05, 0) is 29.7 Å². The van der Waals surface area contributed by atoms with Crippen molar-refractivity contribution in [2.45, 2.75) is 0 Å². The van der Waals surface area contributed by atoms with Gasteiger partial charge in [0.15, 0.2) is 0 Å². The number of amides is 2. The summed E-state index contributed by atoms with van der Waals surface area (Å²) in [5.41, 5.74) is 0.692. The van der Waals surface area contributed by atoms with E-state index in [1.807, 2.05) is 35.7 Å². The van der Waals surface area contributed by atoms with Gasteiger partial charge in [-0.1, -0.05) is 48.2 Å². The van der Waals surface area contributed by atoms with E-state index in [1.54, 1.807) is 29.5 Å². The lowest BCUT2D eigenvalue weighted by Gasteiger charge is -2.14. The lowest BCUT2D eigenvalue weighted by atomic mass is 10.3. The number of hydrogen-bond donors (Lipinski definition) is 1. The molecule has 2 heterocycles. The van der Waals surface area contributed by atoms with Crippen molar-refractivity contribution < 1.29 is 9.59 Å². The molecule has 0 bridgehead atoms. The molecule has 2 amide bonds. The molecule has 1 fully saturated rings. The van der Waals surface area contributed by atoms with Crippen molar-refractivity contribution in [1.82, 2.24) is 4.90 Å². The van der Waals surface area contributed by atoms with Gasteiger partial charge in [-0.2, -0.15) is 0 Å². The van der Waals surface area contributed by atoms with Crippen molar-refractivity contribution >= 4 is 63.2 Å². The van der Waals surface area contributed by atoms with E-state index in [9.17, 15) is 9.59 Å². The van der Waals surface area contributed by atoms with Crippen LogP contribution < -0.4 is 5.32 Å². The Kier molecular flexibility index (Phi) is 4.90. The summed E-state index contributed by atoms with van der Waals surface area (Å²) in [6, 6.07) is 13.0. The Labute approximate surface area is 147 Å². The van der Waals surface area contributed by atoms with Crippen LogP contribution in [0.5, 0.6) is 0 Å². The molecule has 0 spiro atoms. The second-order valence-corrected chi connectivity index (χ2v) is 7.35. The summed E-state index contributed by atoms with van der Waals surface area (Å²) >= 11 is 7.99. The number of nitrogens with zero attached hydrogens (tertiary/aromatic N) is 1. The maximum absolute atomic E-state index is 12.4. The Balaban J connectivity index is 1.67. The van der Waals surface area contributed by atoms with E-state index >= 15 is 0 Å². The van der Waals surface area contributed by atoms with Crippen LogP contribution in [0.1, 0.15) is 4.88 Å². The maximum Gasteiger partial charge on any atom is 0.266 e. The van der Waals surface area contributed by atoms with E-state index in [1.165, 1.54) is 16.7 Å². The standard InChI is InChI=1S/C16H12N2O2S3/c19-14(17-11-5-2-1-3-6-11)10-18-15(20)13(23-16(18)21)9-12-7-4-8-22-12/h1-9H,10H2,(H,17,19). The fourth-order valence-corrected chi connectivity index (χ4v) is 3.98. The van der Waals surface area contributed by atoms with E-state index in [0.29, 0.717) is 14.9 Å². The fourth-order valence-electron chi connectivity index (χ4n) is 2.00. The summed E-state index contributed by atoms with van der Waals surface area (Å²) < 4.78 is 0.404. The van der Waals surface area contributed by atoms with Crippen LogP contribution in [0.4, 0.5) is 5.69 Å². The summed E-state index contributed by atoms with van der Waals surface area (Å²) in [7, 11) is 0. The van der Waals surface area contributed by atoms with Crippen molar-refractivity contribution in [3.63, 3.8) is 0 Å². The van der Waals surface area contributed by atoms with Gasteiger partial charge >= 0.3 is 0 Å². The minimum absolute atomic E-state index is 0.0820. The van der Waals surface area contributed by atoms with E-state index in [4.69, 9.17) is 12.2 Å². The molecular weight excluding hydrogens is 348 g/mol. The van der Waals surface area contributed by atoms with Gasteiger partial charge in [0.2, 0.25) is 5.91 Å². The second-order valence-electron chi connectivity index (χ2n) is 4.70. The Morgan fingerprint density at radius 2 is 2.00 bits per heavy atom. The number of anilines is 1. The molecule has 3 rings (SSSR count). The molecule has 1 aliphatic heterocycles. The number of hydrogen-bond acceptors (Lipinski definition) is 5. The summed E-state index contributed by atoms with van der Waals surface area (Å²) in [5.74, 6) is -0.499. The van der Waals surface area contributed by atoms with Crippen molar-refractivity contribution in [2.24, 2.45) is 0 Å². The minimum Gasteiger partial charge on any atom is -0.325 e. The summed E-state index contributed by atoms with van der Waals surface area (Å²) in [6.07, 6.45) is 1.80. The summed E-state index contributed by atoms with van der Waals surface area (Å²) in [6.45, 7) is -0.0820. The lowest BCUT2D eigenvalue weighted by Crippen LogP contribution is -2.36. The third-order valence-corrected chi connectivity index (χ3v) is 5.25. The highest BCUT2D eigenvalue weighted by Gasteiger charge is 2.33. The number of carbonyl (C=O) groups is 2. The van der Waals surface area contributed by atoms with Gasteiger partial charge in [0.25, 0.3) is 5.91 Å². The topological polar surface area (TPSA) is 49.4 Å². The van der Waals surface area contributed by atoms with E-state index < -0.39 is 0 Å². The average molecular weight is 360 g/mol. The van der Waals surface area contributed by atoms with Crippen LogP contribution in [0.25, 0.3) is 6.08 Å². The predicted molar refractivity (Wildman–Crippen MR) is 99.3 cm³/mol. The zero-order valence-electron chi connectivity index (χ0n) is 11.9. The quantitative estimate of drug-likeness (QED) is 0.669. The molecule has 0 radical (unpaired) electrons. The average Bonchev–Trinajstić information content (AvgIpc) is 3.13. The summed E-state index contributed by atoms with van der Waals surface area (Å²) in [4.78, 5) is 27.4. The first-order valence-electron chi connectivity index (χ1n) is 6.77. The number of nitrogens with one attached hydrogen (secondary N) is 1. The van der Waals surface area contributed by atoms with Gasteiger partial charge < -0.3 is 5.32 Å². The van der Waals surface area contributed by atoms with Gasteiger partial charge in [-0.3, -0.25) is 14.5 Å². The van der Waals surface area contributed by atoms with Crippen LogP contribution in [0.15, 0.2) is 52.7 Å². The van der Waals surface area contributed by atoms with E-state index in [2.05, 4.69) is 5.32 Å². The number of thiocarbonyl (C=S) groups is 1. The highest BCUT2D eigenvalue weighted by Crippen LogP contribution is 2.33. The number of rotatable bonds is 4. The molecule has 0 saturated carbocycles. The molecule has 23 heavy (non-hydrogen) atoms.